The van der Waals surface area contributed by atoms with Crippen molar-refractivity contribution in [2.75, 3.05) is 7.11 Å². The molecule has 1 aliphatic heterocycles. The van der Waals surface area contributed by atoms with Gasteiger partial charge in [0.2, 0.25) is 0 Å². The summed E-state index contributed by atoms with van der Waals surface area (Å²) >= 11 is 0. The van der Waals surface area contributed by atoms with Crippen LogP contribution in [0.4, 0.5) is 0 Å². The van der Waals surface area contributed by atoms with Gasteiger partial charge in [-0.05, 0) is 87.3 Å². The van der Waals surface area contributed by atoms with Crippen molar-refractivity contribution in [1.82, 2.24) is 0 Å². The van der Waals surface area contributed by atoms with Crippen LogP contribution in [0.2, 0.25) is 0 Å². The number of hydrogen-bond acceptors (Lipinski definition) is 1. The molecule has 0 aromatic heterocycles. The molecule has 0 bridgehead atoms. The zero-order chi connectivity index (χ0) is 25.6. The van der Waals surface area contributed by atoms with Crippen molar-refractivity contribution >= 4 is 13.2 Å². The maximum absolute atomic E-state index is 6.18. The molecule has 188 valence electrons. The smallest absolute Gasteiger partial charge is 0.127 e. The normalized spacial score (nSPS) is 18.2. The monoisotopic (exact) mass is 480 g/mol. The molecule has 2 aromatic carbocycles. The highest BCUT2D eigenvalue weighted by Crippen LogP contribution is 2.67. The Kier molecular flexibility index (Phi) is 7.99. The highest BCUT2D eigenvalue weighted by Gasteiger charge is 2.47. The van der Waals surface area contributed by atoms with E-state index in [2.05, 4.69) is 100 Å². The van der Waals surface area contributed by atoms with Crippen molar-refractivity contribution in [3.63, 3.8) is 0 Å². The van der Waals surface area contributed by atoms with Crippen molar-refractivity contribution in [2.24, 2.45) is 0 Å². The summed E-state index contributed by atoms with van der Waals surface area (Å²) in [6, 6.07) is 9.54. The van der Waals surface area contributed by atoms with Crippen LogP contribution in [0.25, 0.3) is 11.1 Å². The van der Waals surface area contributed by atoms with E-state index in [-0.39, 0.29) is 10.3 Å². The lowest BCUT2D eigenvalue weighted by molar-refractivity contribution is 0.416. The third-order valence-electron chi connectivity index (χ3n) is 7.96. The summed E-state index contributed by atoms with van der Waals surface area (Å²) in [5.41, 5.74) is 8.79. The lowest BCUT2D eigenvalue weighted by atomic mass is 9.80. The summed E-state index contributed by atoms with van der Waals surface area (Å²) < 4.78 is 6.18. The number of hydrogen-bond donors (Lipinski definition) is 0. The summed E-state index contributed by atoms with van der Waals surface area (Å²) in [7, 11) is 1.42. The maximum Gasteiger partial charge on any atom is 0.127 e. The van der Waals surface area contributed by atoms with Gasteiger partial charge in [-0.25, -0.2) is 0 Å². The Hall–Kier alpha value is -1.33. The Labute approximate surface area is 211 Å². The van der Waals surface area contributed by atoms with E-state index >= 15 is 0 Å². The minimum atomic E-state index is -0.449. The standard InChI is InChI=1S/C32H49OP/c1-20(2)24-18-25(21(3)4)29(26(19-24)22(5)6)28-23(7)14-15-27(33-12)30(28)34-31(8,9)16-13-17-32(34,10)11/h14-15,18-22H,13,16-17H2,1-12H3. The molecule has 0 amide bonds. The van der Waals surface area contributed by atoms with Gasteiger partial charge in [0.15, 0.2) is 0 Å². The summed E-state index contributed by atoms with van der Waals surface area (Å²) in [6.45, 7) is 26.5. The van der Waals surface area contributed by atoms with Gasteiger partial charge in [0.1, 0.15) is 5.75 Å². The lowest BCUT2D eigenvalue weighted by Crippen LogP contribution is -2.40. The molecule has 1 heterocycles. The topological polar surface area (TPSA) is 9.23 Å². The molecule has 2 heteroatoms. The molecule has 0 spiro atoms. The molecule has 0 atom stereocenters. The first-order chi connectivity index (χ1) is 15.7. The van der Waals surface area contributed by atoms with Gasteiger partial charge in [0, 0.05) is 5.30 Å². The molecule has 0 saturated carbocycles. The average Bonchev–Trinajstić information content (AvgIpc) is 2.71. The van der Waals surface area contributed by atoms with Crippen LogP contribution >= 0.6 is 7.92 Å². The highest BCUT2D eigenvalue weighted by atomic mass is 31.1. The number of ether oxygens (including phenoxy) is 1. The van der Waals surface area contributed by atoms with E-state index in [0.29, 0.717) is 17.8 Å². The molecular formula is C32H49OP. The van der Waals surface area contributed by atoms with Gasteiger partial charge in [-0.3, -0.25) is 0 Å². The molecule has 0 N–H and O–H groups in total. The molecule has 1 aliphatic rings. The minimum Gasteiger partial charge on any atom is -0.496 e. The van der Waals surface area contributed by atoms with Crippen LogP contribution < -0.4 is 10.0 Å². The van der Waals surface area contributed by atoms with Gasteiger partial charge in [-0.15, -0.1) is 0 Å². The molecule has 0 aliphatic carbocycles. The van der Waals surface area contributed by atoms with Crippen molar-refractivity contribution in [3.05, 3.63) is 46.5 Å². The first-order valence-corrected chi connectivity index (χ1v) is 14.7. The fraction of sp³-hybridized carbons (Fsp3) is 0.625. The Morgan fingerprint density at radius 2 is 1.26 bits per heavy atom. The van der Waals surface area contributed by atoms with E-state index in [1.54, 1.807) is 0 Å². The van der Waals surface area contributed by atoms with Gasteiger partial charge in [-0.2, -0.15) is 0 Å². The van der Waals surface area contributed by atoms with Crippen molar-refractivity contribution < 1.29 is 4.74 Å². The van der Waals surface area contributed by atoms with Gasteiger partial charge in [-0.1, -0.05) is 102 Å². The van der Waals surface area contributed by atoms with E-state index in [1.807, 2.05) is 7.11 Å². The Morgan fingerprint density at radius 3 is 1.68 bits per heavy atom. The molecule has 34 heavy (non-hydrogen) atoms. The van der Waals surface area contributed by atoms with Crippen LogP contribution in [-0.4, -0.2) is 17.4 Å². The van der Waals surface area contributed by atoms with Crippen LogP contribution in [0.15, 0.2) is 24.3 Å². The second kappa shape index (κ2) is 9.97. The largest absolute Gasteiger partial charge is 0.496 e. The summed E-state index contributed by atoms with van der Waals surface area (Å²) in [4.78, 5) is 0. The number of benzene rings is 2. The Bertz CT molecular complexity index is 981. The van der Waals surface area contributed by atoms with Crippen LogP contribution in [0.3, 0.4) is 0 Å². The van der Waals surface area contributed by atoms with Gasteiger partial charge in [0.05, 0.1) is 7.11 Å². The highest BCUT2D eigenvalue weighted by molar-refractivity contribution is 7.69. The molecule has 3 rings (SSSR count). The lowest BCUT2D eigenvalue weighted by Gasteiger charge is -2.51. The summed E-state index contributed by atoms with van der Waals surface area (Å²) in [5.74, 6) is 2.54. The predicted molar refractivity (Wildman–Crippen MR) is 154 cm³/mol. The molecule has 2 aromatic rings. The summed E-state index contributed by atoms with van der Waals surface area (Å²) in [5, 5.41) is 2.06. The molecule has 1 nitrogen and oxygen atoms in total. The predicted octanol–water partition coefficient (Wildman–Crippen LogP) is 9.89. The zero-order valence-corrected chi connectivity index (χ0v) is 24.9. The van der Waals surface area contributed by atoms with Crippen molar-refractivity contribution in [1.29, 1.82) is 0 Å². The molecule has 1 fully saturated rings. The fourth-order valence-electron chi connectivity index (χ4n) is 6.22. The Balaban J connectivity index is 2.52. The maximum atomic E-state index is 6.18. The van der Waals surface area contributed by atoms with E-state index < -0.39 is 7.92 Å². The number of rotatable bonds is 6. The zero-order valence-electron chi connectivity index (χ0n) is 24.0. The van der Waals surface area contributed by atoms with Gasteiger partial charge >= 0.3 is 0 Å². The van der Waals surface area contributed by atoms with Crippen LogP contribution in [0.5, 0.6) is 5.75 Å². The quantitative estimate of drug-likeness (QED) is 0.374. The second-order valence-electron chi connectivity index (χ2n) is 12.7. The van der Waals surface area contributed by atoms with E-state index in [9.17, 15) is 0 Å². The van der Waals surface area contributed by atoms with Crippen molar-refractivity contribution in [2.45, 2.75) is 123 Å². The third-order valence-corrected chi connectivity index (χ3v) is 11.7. The molecule has 0 radical (unpaired) electrons. The molecule has 1 saturated heterocycles. The first-order valence-electron chi connectivity index (χ1n) is 13.4. The number of aryl methyl sites for hydroxylation is 1. The average molecular weight is 481 g/mol. The van der Waals surface area contributed by atoms with Crippen LogP contribution in [-0.2, 0) is 0 Å². The van der Waals surface area contributed by atoms with Gasteiger partial charge < -0.3 is 4.74 Å². The van der Waals surface area contributed by atoms with Gasteiger partial charge in [0.25, 0.3) is 0 Å². The number of methoxy groups -OCH3 is 1. The van der Waals surface area contributed by atoms with E-state index in [0.717, 1.165) is 5.75 Å². The third kappa shape index (κ3) is 4.97. The van der Waals surface area contributed by atoms with Crippen LogP contribution in [0, 0.1) is 6.92 Å². The van der Waals surface area contributed by atoms with E-state index in [4.69, 9.17) is 4.74 Å². The molecular weight excluding hydrogens is 431 g/mol. The van der Waals surface area contributed by atoms with Crippen LogP contribution in [0.1, 0.15) is 129 Å². The summed E-state index contributed by atoms with van der Waals surface area (Å²) in [6.07, 6.45) is 3.90. The minimum absolute atomic E-state index is 0.279. The fourth-order valence-corrected chi connectivity index (χ4v) is 10.7. The first kappa shape index (κ1) is 27.3. The molecule has 0 unspecified atom stereocenters. The van der Waals surface area contributed by atoms with E-state index in [1.165, 1.54) is 57.9 Å². The SMILES string of the molecule is COc1ccc(C)c(-c2c(C(C)C)cc(C(C)C)cc2C(C)C)c1P1C(C)(C)CCCC1(C)C. The second-order valence-corrected chi connectivity index (χ2v) is 16.2. The Morgan fingerprint density at radius 1 is 0.765 bits per heavy atom. The van der Waals surface area contributed by atoms with Crippen molar-refractivity contribution in [3.8, 4) is 16.9 Å².